The third kappa shape index (κ3) is 5.04. The number of anilines is 1. The monoisotopic (exact) mass is 255 g/mol. The minimum atomic E-state index is 0.646. The molecule has 98 valence electrons. The predicted octanol–water partition coefficient (Wildman–Crippen LogP) is 3.29. The van der Waals surface area contributed by atoms with E-state index in [9.17, 15) is 0 Å². The Morgan fingerprint density at radius 1 is 1.29 bits per heavy atom. The SMILES string of the molecule is Cc1nc(NCCCCN(C)C(C)C)sc1C. The molecule has 0 aliphatic rings. The number of thiazole rings is 1. The molecule has 17 heavy (non-hydrogen) atoms. The molecule has 0 atom stereocenters. The highest BCUT2D eigenvalue weighted by Gasteiger charge is 2.03. The van der Waals surface area contributed by atoms with Gasteiger partial charge in [0.15, 0.2) is 5.13 Å². The Labute approximate surface area is 109 Å². The number of nitrogens with one attached hydrogen (secondary N) is 1. The summed E-state index contributed by atoms with van der Waals surface area (Å²) in [5.74, 6) is 0. The molecule has 0 radical (unpaired) electrons. The van der Waals surface area contributed by atoms with Crippen LogP contribution in [0.25, 0.3) is 0 Å². The van der Waals surface area contributed by atoms with Crippen molar-refractivity contribution in [1.82, 2.24) is 9.88 Å². The Morgan fingerprint density at radius 2 is 2.00 bits per heavy atom. The Morgan fingerprint density at radius 3 is 2.53 bits per heavy atom. The third-order valence-corrected chi connectivity index (χ3v) is 4.15. The molecule has 0 aliphatic carbocycles. The van der Waals surface area contributed by atoms with Crippen LogP contribution < -0.4 is 5.32 Å². The molecule has 1 aromatic rings. The molecule has 3 nitrogen and oxygen atoms in total. The average Bonchev–Trinajstić information content (AvgIpc) is 2.57. The zero-order valence-electron chi connectivity index (χ0n) is 11.7. The van der Waals surface area contributed by atoms with Gasteiger partial charge in [0.25, 0.3) is 0 Å². The molecule has 0 spiro atoms. The second-order valence-corrected chi connectivity index (χ2v) is 6.07. The lowest BCUT2D eigenvalue weighted by atomic mass is 10.2. The van der Waals surface area contributed by atoms with E-state index in [0.717, 1.165) is 17.4 Å². The van der Waals surface area contributed by atoms with E-state index in [4.69, 9.17) is 0 Å². The van der Waals surface area contributed by atoms with Gasteiger partial charge in [-0.05, 0) is 54.1 Å². The smallest absolute Gasteiger partial charge is 0.183 e. The molecule has 0 unspecified atom stereocenters. The van der Waals surface area contributed by atoms with E-state index in [0.29, 0.717) is 6.04 Å². The van der Waals surface area contributed by atoms with Gasteiger partial charge in [-0.1, -0.05) is 0 Å². The molecule has 0 amide bonds. The number of nitrogens with zero attached hydrogens (tertiary/aromatic N) is 2. The fourth-order valence-electron chi connectivity index (χ4n) is 1.49. The number of aromatic nitrogens is 1. The molecule has 0 bridgehead atoms. The highest BCUT2D eigenvalue weighted by atomic mass is 32.1. The van der Waals surface area contributed by atoms with E-state index in [1.807, 2.05) is 0 Å². The highest BCUT2D eigenvalue weighted by Crippen LogP contribution is 2.20. The van der Waals surface area contributed by atoms with Gasteiger partial charge in [-0.3, -0.25) is 0 Å². The predicted molar refractivity (Wildman–Crippen MR) is 77.1 cm³/mol. The number of aryl methyl sites for hydroxylation is 2. The first kappa shape index (κ1) is 14.5. The van der Waals surface area contributed by atoms with Gasteiger partial charge in [0.2, 0.25) is 0 Å². The van der Waals surface area contributed by atoms with E-state index < -0.39 is 0 Å². The Kier molecular flexibility index (Phi) is 5.92. The van der Waals surface area contributed by atoms with Crippen LogP contribution in [-0.4, -0.2) is 36.1 Å². The van der Waals surface area contributed by atoms with Crippen molar-refractivity contribution in [2.24, 2.45) is 0 Å². The van der Waals surface area contributed by atoms with Crippen LogP contribution >= 0.6 is 11.3 Å². The normalized spacial score (nSPS) is 11.5. The standard InChI is InChI=1S/C13H25N3S/c1-10(2)16(5)9-7-6-8-14-13-15-11(3)12(4)17-13/h10H,6-9H2,1-5H3,(H,14,15). The Bertz CT molecular complexity index is 314. The third-order valence-electron chi connectivity index (χ3n) is 3.12. The van der Waals surface area contributed by atoms with Crippen molar-refractivity contribution in [3.63, 3.8) is 0 Å². The second-order valence-electron chi connectivity index (χ2n) is 4.87. The first-order valence-electron chi connectivity index (χ1n) is 6.39. The zero-order valence-corrected chi connectivity index (χ0v) is 12.5. The van der Waals surface area contributed by atoms with Gasteiger partial charge in [0, 0.05) is 17.5 Å². The number of hydrogen-bond donors (Lipinski definition) is 1. The van der Waals surface area contributed by atoms with Crippen molar-refractivity contribution in [2.45, 2.75) is 46.6 Å². The van der Waals surface area contributed by atoms with Gasteiger partial charge < -0.3 is 10.2 Å². The summed E-state index contributed by atoms with van der Waals surface area (Å²) in [7, 11) is 2.19. The van der Waals surface area contributed by atoms with Gasteiger partial charge in [-0.15, -0.1) is 11.3 Å². The van der Waals surface area contributed by atoms with Crippen LogP contribution in [0.5, 0.6) is 0 Å². The summed E-state index contributed by atoms with van der Waals surface area (Å²) in [6, 6.07) is 0.646. The molecular weight excluding hydrogens is 230 g/mol. The molecule has 1 heterocycles. The molecule has 0 aliphatic heterocycles. The van der Waals surface area contributed by atoms with Crippen LogP contribution in [0, 0.1) is 13.8 Å². The van der Waals surface area contributed by atoms with E-state index >= 15 is 0 Å². The maximum atomic E-state index is 4.47. The maximum Gasteiger partial charge on any atom is 0.183 e. The quantitative estimate of drug-likeness (QED) is 0.758. The first-order valence-corrected chi connectivity index (χ1v) is 7.20. The van der Waals surface area contributed by atoms with Gasteiger partial charge in [0.05, 0.1) is 5.69 Å². The van der Waals surface area contributed by atoms with Crippen LogP contribution in [0.1, 0.15) is 37.3 Å². The molecule has 1 N–H and O–H groups in total. The lowest BCUT2D eigenvalue weighted by molar-refractivity contribution is 0.269. The summed E-state index contributed by atoms with van der Waals surface area (Å²) < 4.78 is 0. The summed E-state index contributed by atoms with van der Waals surface area (Å²) in [5.41, 5.74) is 1.15. The van der Waals surface area contributed by atoms with Gasteiger partial charge in [-0.25, -0.2) is 4.98 Å². The lowest BCUT2D eigenvalue weighted by Gasteiger charge is -2.20. The summed E-state index contributed by atoms with van der Waals surface area (Å²) in [4.78, 5) is 8.17. The minimum Gasteiger partial charge on any atom is -0.362 e. The second kappa shape index (κ2) is 6.97. The minimum absolute atomic E-state index is 0.646. The number of hydrogen-bond acceptors (Lipinski definition) is 4. The average molecular weight is 255 g/mol. The lowest BCUT2D eigenvalue weighted by Crippen LogP contribution is -2.27. The van der Waals surface area contributed by atoms with E-state index in [2.05, 4.69) is 49.9 Å². The topological polar surface area (TPSA) is 28.2 Å². The molecule has 4 heteroatoms. The first-order chi connectivity index (χ1) is 8.00. The van der Waals surface area contributed by atoms with Crippen molar-refractivity contribution in [3.05, 3.63) is 10.6 Å². The fraction of sp³-hybridized carbons (Fsp3) is 0.769. The van der Waals surface area contributed by atoms with Crippen LogP contribution in [0.3, 0.4) is 0 Å². The van der Waals surface area contributed by atoms with E-state index in [1.54, 1.807) is 11.3 Å². The van der Waals surface area contributed by atoms with Crippen molar-refractivity contribution in [2.75, 3.05) is 25.5 Å². The van der Waals surface area contributed by atoms with Crippen molar-refractivity contribution < 1.29 is 0 Å². The zero-order chi connectivity index (χ0) is 12.8. The van der Waals surface area contributed by atoms with Crippen LogP contribution in [0.2, 0.25) is 0 Å². The molecular formula is C13H25N3S. The van der Waals surface area contributed by atoms with Crippen molar-refractivity contribution in [1.29, 1.82) is 0 Å². The van der Waals surface area contributed by atoms with E-state index in [-0.39, 0.29) is 0 Å². The summed E-state index contributed by atoms with van der Waals surface area (Å²) in [5, 5.41) is 4.47. The van der Waals surface area contributed by atoms with E-state index in [1.165, 1.54) is 24.3 Å². The van der Waals surface area contributed by atoms with Crippen molar-refractivity contribution in [3.8, 4) is 0 Å². The summed E-state index contributed by atoms with van der Waals surface area (Å²) in [6.45, 7) is 10.9. The largest absolute Gasteiger partial charge is 0.362 e. The Hall–Kier alpha value is -0.610. The van der Waals surface area contributed by atoms with Gasteiger partial charge in [0.1, 0.15) is 0 Å². The molecule has 0 saturated carbocycles. The number of unbranched alkanes of at least 4 members (excludes halogenated alkanes) is 1. The Balaban J connectivity index is 2.12. The highest BCUT2D eigenvalue weighted by molar-refractivity contribution is 7.15. The van der Waals surface area contributed by atoms with Crippen LogP contribution in [0.4, 0.5) is 5.13 Å². The molecule has 1 aromatic heterocycles. The maximum absolute atomic E-state index is 4.47. The van der Waals surface area contributed by atoms with Gasteiger partial charge >= 0.3 is 0 Å². The van der Waals surface area contributed by atoms with Gasteiger partial charge in [-0.2, -0.15) is 0 Å². The molecule has 0 aromatic carbocycles. The molecule has 0 saturated heterocycles. The molecule has 1 rings (SSSR count). The summed E-state index contributed by atoms with van der Waals surface area (Å²) >= 11 is 1.75. The van der Waals surface area contributed by atoms with Crippen LogP contribution in [0.15, 0.2) is 0 Å². The van der Waals surface area contributed by atoms with Crippen LogP contribution in [-0.2, 0) is 0 Å². The fourth-order valence-corrected chi connectivity index (χ4v) is 2.33. The number of rotatable bonds is 7. The molecule has 0 fully saturated rings. The summed E-state index contributed by atoms with van der Waals surface area (Å²) in [6.07, 6.45) is 2.44. The van der Waals surface area contributed by atoms with Crippen molar-refractivity contribution >= 4 is 16.5 Å².